The Kier molecular flexibility index (Phi) is 4.81. The lowest BCUT2D eigenvalue weighted by Gasteiger charge is -2.06. The smallest absolute Gasteiger partial charge is 0.303 e. The first-order valence-electron chi connectivity index (χ1n) is 8.25. The Morgan fingerprint density at radius 1 is 1.14 bits per heavy atom. The fourth-order valence-corrected chi connectivity index (χ4v) is 3.43. The third-order valence-electron chi connectivity index (χ3n) is 3.96. The molecule has 1 amide bonds. The Labute approximate surface area is 169 Å². The summed E-state index contributed by atoms with van der Waals surface area (Å²) in [6.07, 6.45) is 0. The molecule has 0 aliphatic carbocycles. The summed E-state index contributed by atoms with van der Waals surface area (Å²) in [7, 11) is 0. The maximum atomic E-state index is 12.7. The zero-order valence-electron chi connectivity index (χ0n) is 14.6. The number of aromatic nitrogens is 1. The summed E-state index contributed by atoms with van der Waals surface area (Å²) in [5.74, 6) is -0.208. The van der Waals surface area contributed by atoms with Crippen LogP contribution in [0.1, 0.15) is 6.92 Å². The van der Waals surface area contributed by atoms with Gasteiger partial charge in [0.15, 0.2) is 5.71 Å². The number of aromatic hydroxyl groups is 1. The number of amides is 1. The minimum absolute atomic E-state index is 0.152. The molecular weight excluding hydrogens is 398 g/mol. The first-order valence-corrected chi connectivity index (χ1v) is 9.51. The van der Waals surface area contributed by atoms with Gasteiger partial charge in [-0.15, -0.1) is 11.3 Å². The second kappa shape index (κ2) is 7.41. The standard InChI is InChI=1S/C19H14ClN5O2S/c1-11-17(23-22-14-6-8-15(26)9-7-14)18(27)25(24-11)19-21-16(10-28-19)12-2-4-13(20)5-3-12/h2-10,22,26H,1H3/b23-17+. The highest BCUT2D eigenvalue weighted by molar-refractivity contribution is 7.14. The molecule has 0 bridgehead atoms. The molecule has 0 fully saturated rings. The van der Waals surface area contributed by atoms with Crippen molar-refractivity contribution >= 4 is 51.1 Å². The van der Waals surface area contributed by atoms with Crippen molar-refractivity contribution in [3.05, 3.63) is 58.9 Å². The number of halogens is 1. The number of carbonyl (C=O) groups is 1. The second-order valence-electron chi connectivity index (χ2n) is 5.94. The summed E-state index contributed by atoms with van der Waals surface area (Å²) in [5.41, 5.74) is 5.78. The van der Waals surface area contributed by atoms with Crippen molar-refractivity contribution < 1.29 is 9.90 Å². The average Bonchev–Trinajstić information content (AvgIpc) is 3.27. The Bertz CT molecular complexity index is 1090. The molecule has 9 heteroatoms. The van der Waals surface area contributed by atoms with E-state index in [4.69, 9.17) is 11.6 Å². The number of hydrogen-bond acceptors (Lipinski definition) is 7. The highest BCUT2D eigenvalue weighted by Gasteiger charge is 2.32. The number of phenolic OH excluding ortho intramolecular Hbond substituents is 1. The molecule has 0 atom stereocenters. The lowest BCUT2D eigenvalue weighted by molar-refractivity contribution is -0.112. The molecule has 2 heterocycles. The van der Waals surface area contributed by atoms with Crippen LogP contribution >= 0.6 is 22.9 Å². The van der Waals surface area contributed by atoms with E-state index in [0.29, 0.717) is 21.6 Å². The molecule has 1 aliphatic rings. The van der Waals surface area contributed by atoms with Gasteiger partial charge in [-0.25, -0.2) is 4.98 Å². The molecule has 3 aromatic rings. The predicted octanol–water partition coefficient (Wildman–Crippen LogP) is 4.36. The number of hydrazone groups is 2. The lowest BCUT2D eigenvalue weighted by atomic mass is 10.2. The minimum atomic E-state index is -0.360. The number of rotatable bonds is 4. The molecular formula is C19H14ClN5O2S. The molecule has 0 spiro atoms. The molecule has 0 radical (unpaired) electrons. The Morgan fingerprint density at radius 3 is 2.57 bits per heavy atom. The Morgan fingerprint density at radius 2 is 1.86 bits per heavy atom. The molecule has 7 nitrogen and oxygen atoms in total. The Balaban J connectivity index is 1.54. The second-order valence-corrected chi connectivity index (χ2v) is 7.22. The van der Waals surface area contributed by atoms with Gasteiger partial charge in [0.1, 0.15) is 5.75 Å². The van der Waals surface area contributed by atoms with Crippen LogP contribution in [0.3, 0.4) is 0 Å². The van der Waals surface area contributed by atoms with Gasteiger partial charge in [0.2, 0.25) is 5.13 Å². The van der Waals surface area contributed by atoms with Crippen LogP contribution in [0.25, 0.3) is 11.3 Å². The zero-order chi connectivity index (χ0) is 19.7. The predicted molar refractivity (Wildman–Crippen MR) is 112 cm³/mol. The number of phenols is 1. The first kappa shape index (κ1) is 18.1. The van der Waals surface area contributed by atoms with Crippen molar-refractivity contribution in [3.63, 3.8) is 0 Å². The first-order chi connectivity index (χ1) is 13.5. The minimum Gasteiger partial charge on any atom is -0.508 e. The van der Waals surface area contributed by atoms with Gasteiger partial charge in [-0.3, -0.25) is 10.2 Å². The molecule has 28 heavy (non-hydrogen) atoms. The number of carbonyl (C=O) groups excluding carboxylic acids is 1. The number of anilines is 2. The van der Waals surface area contributed by atoms with E-state index in [1.54, 1.807) is 31.2 Å². The monoisotopic (exact) mass is 411 g/mol. The van der Waals surface area contributed by atoms with E-state index >= 15 is 0 Å². The van der Waals surface area contributed by atoms with Gasteiger partial charge in [0, 0.05) is 16.0 Å². The lowest BCUT2D eigenvalue weighted by Crippen LogP contribution is -2.27. The van der Waals surface area contributed by atoms with E-state index in [-0.39, 0.29) is 17.4 Å². The van der Waals surface area contributed by atoms with Gasteiger partial charge in [-0.05, 0) is 43.3 Å². The van der Waals surface area contributed by atoms with E-state index in [1.807, 2.05) is 17.5 Å². The van der Waals surface area contributed by atoms with E-state index in [9.17, 15) is 9.90 Å². The van der Waals surface area contributed by atoms with Gasteiger partial charge >= 0.3 is 5.91 Å². The van der Waals surface area contributed by atoms with Gasteiger partial charge in [0.25, 0.3) is 0 Å². The summed E-state index contributed by atoms with van der Waals surface area (Å²) < 4.78 is 0. The van der Waals surface area contributed by atoms with Crippen LogP contribution in [-0.2, 0) is 4.79 Å². The summed E-state index contributed by atoms with van der Waals surface area (Å²) in [6, 6.07) is 13.7. The Hall–Kier alpha value is -3.23. The maximum absolute atomic E-state index is 12.7. The van der Waals surface area contributed by atoms with Crippen molar-refractivity contribution in [1.29, 1.82) is 0 Å². The van der Waals surface area contributed by atoms with Gasteiger partial charge in [-0.1, -0.05) is 23.7 Å². The van der Waals surface area contributed by atoms with Crippen LogP contribution in [0.15, 0.2) is 64.1 Å². The SMILES string of the molecule is CC1=NN(c2nc(-c3ccc(Cl)cc3)cs2)C(=O)/C1=N/Nc1ccc(O)cc1. The van der Waals surface area contributed by atoms with Gasteiger partial charge in [0.05, 0.1) is 17.1 Å². The summed E-state index contributed by atoms with van der Waals surface area (Å²) in [4.78, 5) is 17.2. The van der Waals surface area contributed by atoms with Crippen LogP contribution in [0, 0.1) is 0 Å². The van der Waals surface area contributed by atoms with Crippen molar-refractivity contribution in [3.8, 4) is 17.0 Å². The fourth-order valence-electron chi connectivity index (χ4n) is 2.53. The molecule has 2 aromatic carbocycles. The van der Waals surface area contributed by atoms with Crippen LogP contribution < -0.4 is 10.4 Å². The molecule has 2 N–H and O–H groups in total. The fraction of sp³-hybridized carbons (Fsp3) is 0.0526. The average molecular weight is 412 g/mol. The van der Waals surface area contributed by atoms with Crippen LogP contribution in [0.4, 0.5) is 10.8 Å². The van der Waals surface area contributed by atoms with E-state index in [0.717, 1.165) is 11.3 Å². The van der Waals surface area contributed by atoms with Crippen molar-refractivity contribution in [2.75, 3.05) is 10.4 Å². The summed E-state index contributed by atoms with van der Waals surface area (Å²) in [6.45, 7) is 1.71. The number of benzene rings is 2. The zero-order valence-corrected chi connectivity index (χ0v) is 16.2. The quantitative estimate of drug-likeness (QED) is 0.493. The van der Waals surface area contributed by atoms with Crippen molar-refractivity contribution in [2.24, 2.45) is 10.2 Å². The molecule has 140 valence electrons. The topological polar surface area (TPSA) is 90.2 Å². The van der Waals surface area contributed by atoms with Crippen molar-refractivity contribution in [2.45, 2.75) is 6.92 Å². The number of thiazole rings is 1. The van der Waals surface area contributed by atoms with Crippen LogP contribution in [0.5, 0.6) is 5.75 Å². The maximum Gasteiger partial charge on any atom is 0.303 e. The highest BCUT2D eigenvalue weighted by Crippen LogP contribution is 2.30. The third-order valence-corrected chi connectivity index (χ3v) is 5.03. The third kappa shape index (κ3) is 3.60. The van der Waals surface area contributed by atoms with Crippen LogP contribution in [-0.4, -0.2) is 27.4 Å². The highest BCUT2D eigenvalue weighted by atomic mass is 35.5. The normalized spacial score (nSPS) is 15.2. The molecule has 4 rings (SSSR count). The number of nitrogens with one attached hydrogen (secondary N) is 1. The molecule has 1 aliphatic heterocycles. The molecule has 0 saturated heterocycles. The number of nitrogens with zero attached hydrogens (tertiary/aromatic N) is 4. The summed E-state index contributed by atoms with van der Waals surface area (Å²) in [5, 5.41) is 22.0. The van der Waals surface area contributed by atoms with E-state index in [2.05, 4.69) is 20.6 Å². The van der Waals surface area contributed by atoms with E-state index < -0.39 is 0 Å². The van der Waals surface area contributed by atoms with Crippen molar-refractivity contribution in [1.82, 2.24) is 4.98 Å². The molecule has 1 aromatic heterocycles. The largest absolute Gasteiger partial charge is 0.508 e. The van der Waals surface area contributed by atoms with E-state index in [1.165, 1.54) is 28.5 Å². The molecule has 0 saturated carbocycles. The summed E-state index contributed by atoms with van der Waals surface area (Å²) >= 11 is 7.24. The van der Waals surface area contributed by atoms with Gasteiger partial charge in [-0.2, -0.15) is 15.2 Å². The molecule has 0 unspecified atom stereocenters. The van der Waals surface area contributed by atoms with Gasteiger partial charge < -0.3 is 5.11 Å². The van der Waals surface area contributed by atoms with Crippen LogP contribution in [0.2, 0.25) is 5.02 Å². The number of hydrogen-bond donors (Lipinski definition) is 2.